The summed E-state index contributed by atoms with van der Waals surface area (Å²) in [6.45, 7) is 3.68. The molecule has 0 saturated heterocycles. The summed E-state index contributed by atoms with van der Waals surface area (Å²) in [4.78, 5) is 7.57. The van der Waals surface area contributed by atoms with Gasteiger partial charge < -0.3 is 14.5 Å². The number of aromatic nitrogens is 5. The smallest absolute Gasteiger partial charge is 0.196 e. The molecule has 3 heterocycles. The molecule has 2 N–H and O–H groups in total. The maximum Gasteiger partial charge on any atom is 0.196 e. The molecule has 8 nitrogen and oxygen atoms in total. The predicted octanol–water partition coefficient (Wildman–Crippen LogP) is 5.69. The van der Waals surface area contributed by atoms with E-state index in [9.17, 15) is 10.4 Å². The van der Waals surface area contributed by atoms with E-state index in [0.29, 0.717) is 16.8 Å². The van der Waals surface area contributed by atoms with E-state index in [2.05, 4.69) is 26.2 Å². The van der Waals surface area contributed by atoms with Gasteiger partial charge in [0.05, 0.1) is 28.1 Å². The molecule has 0 radical (unpaired) electrons. The Labute approximate surface area is 199 Å². The Morgan fingerprint density at radius 2 is 1.88 bits per heavy atom. The highest BCUT2D eigenvalue weighted by Crippen LogP contribution is 2.34. The van der Waals surface area contributed by atoms with Gasteiger partial charge in [-0.05, 0) is 44.2 Å². The lowest BCUT2D eigenvalue weighted by Gasteiger charge is -2.14. The molecule has 9 heteroatoms. The monoisotopic (exact) mass is 468 g/mol. The highest BCUT2D eigenvalue weighted by Gasteiger charge is 2.24. The molecule has 0 saturated carbocycles. The molecule has 0 aliphatic carbocycles. The van der Waals surface area contributed by atoms with Crippen LogP contribution in [0.3, 0.4) is 0 Å². The number of para-hydroxylation sites is 3. The minimum absolute atomic E-state index is 0.0878. The highest BCUT2D eigenvalue weighted by molar-refractivity contribution is 8.00. The summed E-state index contributed by atoms with van der Waals surface area (Å²) < 4.78 is 7.39. The maximum atomic E-state index is 11.0. The largest absolute Gasteiger partial charge is 0.510 e. The van der Waals surface area contributed by atoms with Crippen LogP contribution in [0, 0.1) is 18.3 Å². The summed E-state index contributed by atoms with van der Waals surface area (Å²) in [5.74, 6) is 1.60. The quantitative estimate of drug-likeness (QED) is 0.187. The number of furan rings is 1. The van der Waals surface area contributed by atoms with Crippen LogP contribution < -0.4 is 0 Å². The van der Waals surface area contributed by atoms with Gasteiger partial charge in [-0.2, -0.15) is 5.26 Å². The van der Waals surface area contributed by atoms with Crippen LogP contribution in [-0.2, 0) is 0 Å². The molecule has 0 amide bonds. The maximum absolute atomic E-state index is 11.0. The van der Waals surface area contributed by atoms with E-state index in [1.807, 2.05) is 79.1 Å². The Morgan fingerprint density at radius 1 is 1.12 bits per heavy atom. The zero-order valence-electron chi connectivity index (χ0n) is 18.4. The standard InChI is InChI=1S/C25H20N6O2S/c1-15-18(12-13-33-15)24-29-30-25(31(24)17-8-4-3-5-9-17)34-16(2)22(32)19(14-26)23-27-20-10-6-7-11-21(20)28-23/h3-13,16,32H,1-2H3,(H,27,28)/b22-19-. The molecule has 1 unspecified atom stereocenters. The lowest BCUT2D eigenvalue weighted by Crippen LogP contribution is -2.07. The molecule has 0 aliphatic heterocycles. The van der Waals surface area contributed by atoms with Crippen LogP contribution in [0.15, 0.2) is 82.3 Å². The Hall–Kier alpha value is -4.29. The van der Waals surface area contributed by atoms with Gasteiger partial charge in [-0.3, -0.25) is 4.57 Å². The highest BCUT2D eigenvalue weighted by atomic mass is 32.2. The van der Waals surface area contributed by atoms with E-state index in [4.69, 9.17) is 4.42 Å². The van der Waals surface area contributed by atoms with Crippen molar-refractivity contribution in [2.24, 2.45) is 0 Å². The molecule has 0 bridgehead atoms. The number of aliphatic hydroxyl groups excluding tert-OH is 1. The van der Waals surface area contributed by atoms with Crippen molar-refractivity contribution in [3.05, 3.63) is 84.3 Å². The minimum Gasteiger partial charge on any atom is -0.510 e. The molecule has 1 atom stereocenters. The first kappa shape index (κ1) is 21.6. The zero-order valence-corrected chi connectivity index (χ0v) is 19.2. The average Bonchev–Trinajstić information content (AvgIpc) is 3.57. The van der Waals surface area contributed by atoms with Gasteiger partial charge in [0.2, 0.25) is 0 Å². The Bertz CT molecular complexity index is 1510. The summed E-state index contributed by atoms with van der Waals surface area (Å²) >= 11 is 1.30. The first-order valence-corrected chi connectivity index (χ1v) is 11.4. The van der Waals surface area contributed by atoms with E-state index in [-0.39, 0.29) is 11.3 Å². The number of fused-ring (bicyclic) bond motifs is 1. The second-order valence-electron chi connectivity index (χ2n) is 7.60. The van der Waals surface area contributed by atoms with Crippen molar-refractivity contribution < 1.29 is 9.52 Å². The molecule has 5 aromatic rings. The van der Waals surface area contributed by atoms with Gasteiger partial charge in [-0.25, -0.2) is 4.98 Å². The van der Waals surface area contributed by atoms with Gasteiger partial charge in [0.25, 0.3) is 0 Å². The number of thioether (sulfide) groups is 1. The molecule has 0 fully saturated rings. The number of aromatic amines is 1. The van der Waals surface area contributed by atoms with Crippen molar-refractivity contribution >= 4 is 28.4 Å². The van der Waals surface area contributed by atoms with Gasteiger partial charge in [-0.1, -0.05) is 42.1 Å². The van der Waals surface area contributed by atoms with E-state index in [1.165, 1.54) is 11.8 Å². The average molecular weight is 469 g/mol. The zero-order chi connectivity index (χ0) is 23.7. The number of H-pyrrole nitrogens is 1. The summed E-state index contributed by atoms with van der Waals surface area (Å²) in [6, 6.07) is 21.2. The Kier molecular flexibility index (Phi) is 5.65. The Balaban J connectivity index is 1.54. The van der Waals surface area contributed by atoms with Gasteiger partial charge in [0.15, 0.2) is 16.8 Å². The van der Waals surface area contributed by atoms with Crippen LogP contribution in [-0.4, -0.2) is 35.1 Å². The third-order valence-electron chi connectivity index (χ3n) is 5.41. The number of aliphatic hydroxyl groups is 1. The third-order valence-corrected chi connectivity index (χ3v) is 6.46. The van der Waals surface area contributed by atoms with E-state index in [1.54, 1.807) is 6.26 Å². The number of rotatable bonds is 6. The number of imidazole rings is 1. The molecule has 3 aromatic heterocycles. The first-order valence-electron chi connectivity index (χ1n) is 10.6. The van der Waals surface area contributed by atoms with Crippen LogP contribution in [0.5, 0.6) is 0 Å². The summed E-state index contributed by atoms with van der Waals surface area (Å²) in [7, 11) is 0. The van der Waals surface area contributed by atoms with Crippen LogP contribution in [0.1, 0.15) is 18.5 Å². The minimum atomic E-state index is -0.493. The van der Waals surface area contributed by atoms with Crippen molar-refractivity contribution in [3.8, 4) is 23.1 Å². The number of allylic oxidation sites excluding steroid dienone is 1. The number of benzene rings is 2. The fraction of sp³-hybridized carbons (Fsp3) is 0.120. The molecular formula is C25H20N6O2S. The molecule has 0 spiro atoms. The number of hydrogen-bond donors (Lipinski definition) is 2. The Morgan fingerprint density at radius 3 is 2.59 bits per heavy atom. The SMILES string of the molecule is Cc1occc1-c1nnc(SC(C)/C(O)=C(\C#N)c2nc3ccccc3[nH]2)n1-c1ccccc1. The van der Waals surface area contributed by atoms with Crippen LogP contribution in [0.25, 0.3) is 33.7 Å². The number of nitrogens with one attached hydrogen (secondary N) is 1. The van der Waals surface area contributed by atoms with Crippen molar-refractivity contribution in [3.63, 3.8) is 0 Å². The molecule has 2 aromatic carbocycles. The fourth-order valence-corrected chi connectivity index (χ4v) is 4.60. The van der Waals surface area contributed by atoms with E-state index in [0.717, 1.165) is 28.0 Å². The van der Waals surface area contributed by atoms with Crippen molar-refractivity contribution in [1.29, 1.82) is 5.26 Å². The lowest BCUT2D eigenvalue weighted by molar-refractivity contribution is 0.401. The van der Waals surface area contributed by atoms with Gasteiger partial charge in [0, 0.05) is 5.69 Å². The molecular weight excluding hydrogens is 448 g/mol. The number of hydrogen-bond acceptors (Lipinski definition) is 7. The summed E-state index contributed by atoms with van der Waals surface area (Å²) in [6.07, 6.45) is 1.62. The van der Waals surface area contributed by atoms with Crippen molar-refractivity contribution in [2.75, 3.05) is 0 Å². The van der Waals surface area contributed by atoms with Crippen LogP contribution in [0.4, 0.5) is 0 Å². The van der Waals surface area contributed by atoms with Gasteiger partial charge in [0.1, 0.15) is 23.2 Å². The molecule has 34 heavy (non-hydrogen) atoms. The van der Waals surface area contributed by atoms with E-state index >= 15 is 0 Å². The van der Waals surface area contributed by atoms with Crippen LogP contribution in [0.2, 0.25) is 0 Å². The van der Waals surface area contributed by atoms with Crippen molar-refractivity contribution in [2.45, 2.75) is 24.3 Å². The molecule has 0 aliphatic rings. The van der Waals surface area contributed by atoms with E-state index < -0.39 is 5.25 Å². The number of nitriles is 1. The molecule has 168 valence electrons. The predicted molar refractivity (Wildman–Crippen MR) is 130 cm³/mol. The summed E-state index contributed by atoms with van der Waals surface area (Å²) in [5, 5.41) is 29.7. The second-order valence-corrected chi connectivity index (χ2v) is 8.91. The summed E-state index contributed by atoms with van der Waals surface area (Å²) in [5.41, 5.74) is 3.31. The van der Waals surface area contributed by atoms with Gasteiger partial charge >= 0.3 is 0 Å². The van der Waals surface area contributed by atoms with Crippen LogP contribution >= 0.6 is 11.8 Å². The lowest BCUT2D eigenvalue weighted by atomic mass is 10.2. The number of nitrogens with zero attached hydrogens (tertiary/aromatic N) is 5. The number of aryl methyl sites for hydroxylation is 1. The topological polar surface area (TPSA) is 117 Å². The normalized spacial score (nSPS) is 13.0. The fourth-order valence-electron chi connectivity index (χ4n) is 3.67. The van der Waals surface area contributed by atoms with Gasteiger partial charge in [-0.15, -0.1) is 10.2 Å². The van der Waals surface area contributed by atoms with Crippen molar-refractivity contribution in [1.82, 2.24) is 24.7 Å². The third kappa shape index (κ3) is 3.84. The molecule has 5 rings (SSSR count). The second kappa shape index (κ2) is 8.92. The first-order chi connectivity index (χ1) is 16.6.